The molecule has 1 aromatic heterocycles. The van der Waals surface area contributed by atoms with Gasteiger partial charge in [0.15, 0.2) is 0 Å². The number of thiazole rings is 1. The molecule has 0 saturated heterocycles. The van der Waals surface area contributed by atoms with E-state index in [2.05, 4.69) is 4.98 Å². The average molecular weight is 242 g/mol. The Hall–Kier alpha value is -1.31. The van der Waals surface area contributed by atoms with Gasteiger partial charge >= 0.3 is 10.1 Å². The zero-order chi connectivity index (χ0) is 11.1. The third kappa shape index (κ3) is 1.89. The highest BCUT2D eigenvalue weighted by Crippen LogP contribution is 2.25. The summed E-state index contributed by atoms with van der Waals surface area (Å²) in [6.07, 6.45) is 1.68. The molecule has 2 aromatic rings. The lowest BCUT2D eigenvalue weighted by Gasteiger charge is -1.86. The molecule has 0 aliphatic rings. The minimum absolute atomic E-state index is 0.313. The van der Waals surface area contributed by atoms with Gasteiger partial charge < -0.3 is 0 Å². The summed E-state index contributed by atoms with van der Waals surface area (Å²) in [4.78, 5) is 14.1. The molecule has 2 rings (SSSR count). The molecule has 5 nitrogen and oxygen atoms in total. The molecule has 1 aromatic carbocycles. The fourth-order valence-electron chi connectivity index (χ4n) is 1.08. The molecule has 0 aliphatic carbocycles. The molecular formula is C8H4NO4S2. The van der Waals surface area contributed by atoms with E-state index in [0.29, 0.717) is 15.8 Å². The van der Waals surface area contributed by atoms with Gasteiger partial charge in [-0.3, -0.25) is 9.35 Å². The van der Waals surface area contributed by atoms with Crippen LogP contribution in [-0.2, 0) is 14.9 Å². The Morgan fingerprint density at radius 1 is 1.40 bits per heavy atom. The molecule has 0 unspecified atom stereocenters. The molecule has 0 spiro atoms. The average Bonchev–Trinajstić information content (AvgIpc) is 2.59. The predicted molar refractivity (Wildman–Crippen MR) is 54.2 cm³/mol. The number of hydrogen-bond donors (Lipinski definition) is 1. The molecule has 0 aliphatic heterocycles. The molecule has 1 N–H and O–H groups in total. The van der Waals surface area contributed by atoms with Crippen molar-refractivity contribution in [1.82, 2.24) is 4.98 Å². The SMILES string of the molecule is O=[C]c1ccc2nc(S(=O)(=O)O)sc2c1. The van der Waals surface area contributed by atoms with Crippen LogP contribution in [0.15, 0.2) is 22.5 Å². The Labute approximate surface area is 89.1 Å². The van der Waals surface area contributed by atoms with Crippen molar-refractivity contribution in [2.45, 2.75) is 4.34 Å². The molecule has 0 atom stereocenters. The summed E-state index contributed by atoms with van der Waals surface area (Å²) in [5.74, 6) is 0. The van der Waals surface area contributed by atoms with Crippen LogP contribution in [0.4, 0.5) is 0 Å². The molecule has 0 saturated carbocycles. The normalized spacial score (nSPS) is 11.8. The van der Waals surface area contributed by atoms with E-state index in [0.717, 1.165) is 11.3 Å². The quantitative estimate of drug-likeness (QED) is 0.794. The maximum Gasteiger partial charge on any atom is 0.322 e. The molecule has 1 radical (unpaired) electrons. The lowest BCUT2D eigenvalue weighted by atomic mass is 10.2. The van der Waals surface area contributed by atoms with Crippen LogP contribution in [0, 0.1) is 0 Å². The summed E-state index contributed by atoms with van der Waals surface area (Å²) < 4.78 is 30.5. The highest BCUT2D eigenvalue weighted by molar-refractivity contribution is 7.88. The Balaban J connectivity index is 2.71. The van der Waals surface area contributed by atoms with Gasteiger partial charge in [-0.1, -0.05) is 0 Å². The standard InChI is InChI=1S/C8H4NO4S2/c10-4-5-1-2-6-7(3-5)14-8(9-6)15(11,12)13/h1-3H,(H,11,12,13). The predicted octanol–water partition coefficient (Wildman–Crippen LogP) is 1.00. The van der Waals surface area contributed by atoms with Gasteiger partial charge in [0.1, 0.15) is 0 Å². The highest BCUT2D eigenvalue weighted by Gasteiger charge is 2.15. The van der Waals surface area contributed by atoms with Crippen LogP contribution in [0.5, 0.6) is 0 Å². The molecule has 7 heteroatoms. The summed E-state index contributed by atoms with van der Waals surface area (Å²) in [5.41, 5.74) is 0.736. The van der Waals surface area contributed by atoms with Crippen molar-refractivity contribution >= 4 is 38.0 Å². The monoisotopic (exact) mass is 242 g/mol. The lowest BCUT2D eigenvalue weighted by Crippen LogP contribution is -1.95. The first kappa shape index (κ1) is 10.2. The van der Waals surface area contributed by atoms with Crippen molar-refractivity contribution in [1.29, 1.82) is 0 Å². The first-order valence-electron chi connectivity index (χ1n) is 3.77. The Morgan fingerprint density at radius 3 is 2.73 bits per heavy atom. The summed E-state index contributed by atoms with van der Waals surface area (Å²) in [7, 11) is -4.28. The van der Waals surface area contributed by atoms with E-state index in [1.807, 2.05) is 0 Å². The van der Waals surface area contributed by atoms with E-state index in [4.69, 9.17) is 4.55 Å². The zero-order valence-corrected chi connectivity index (χ0v) is 8.80. The molecule has 15 heavy (non-hydrogen) atoms. The fraction of sp³-hybridized carbons (Fsp3) is 0. The molecule has 77 valence electrons. The van der Waals surface area contributed by atoms with Crippen LogP contribution in [0.1, 0.15) is 5.56 Å². The Kier molecular flexibility index (Phi) is 2.29. The van der Waals surface area contributed by atoms with Gasteiger partial charge in [0.2, 0.25) is 10.6 Å². The van der Waals surface area contributed by atoms with Gasteiger partial charge in [-0.05, 0) is 18.2 Å². The van der Waals surface area contributed by atoms with Crippen LogP contribution < -0.4 is 0 Å². The van der Waals surface area contributed by atoms with Gasteiger partial charge in [0.25, 0.3) is 0 Å². The van der Waals surface area contributed by atoms with Crippen molar-refractivity contribution < 1.29 is 17.8 Å². The van der Waals surface area contributed by atoms with Crippen molar-refractivity contribution in [2.24, 2.45) is 0 Å². The maximum absolute atomic E-state index is 10.8. The molecule has 0 bridgehead atoms. The maximum atomic E-state index is 10.8. The molecule has 0 fully saturated rings. The van der Waals surface area contributed by atoms with E-state index >= 15 is 0 Å². The second-order valence-corrected chi connectivity index (χ2v) is 5.37. The minimum atomic E-state index is -4.28. The van der Waals surface area contributed by atoms with E-state index in [1.54, 1.807) is 6.29 Å². The van der Waals surface area contributed by atoms with Crippen LogP contribution in [0.25, 0.3) is 10.2 Å². The third-order valence-electron chi connectivity index (χ3n) is 1.71. The number of carbonyl (C=O) groups excluding carboxylic acids is 1. The number of aromatic nitrogens is 1. The lowest BCUT2D eigenvalue weighted by molar-refractivity contribution is 0.482. The Morgan fingerprint density at radius 2 is 2.13 bits per heavy atom. The van der Waals surface area contributed by atoms with E-state index in [1.165, 1.54) is 18.2 Å². The number of benzene rings is 1. The van der Waals surface area contributed by atoms with E-state index in [-0.39, 0.29) is 4.34 Å². The number of hydrogen-bond acceptors (Lipinski definition) is 5. The van der Waals surface area contributed by atoms with Crippen molar-refractivity contribution in [2.75, 3.05) is 0 Å². The summed E-state index contributed by atoms with van der Waals surface area (Å²) in [5, 5.41) is 0. The second kappa shape index (κ2) is 3.37. The summed E-state index contributed by atoms with van der Waals surface area (Å²) >= 11 is 0.806. The zero-order valence-electron chi connectivity index (χ0n) is 7.17. The molecular weight excluding hydrogens is 238 g/mol. The van der Waals surface area contributed by atoms with E-state index in [9.17, 15) is 13.2 Å². The minimum Gasteiger partial charge on any atom is -0.285 e. The van der Waals surface area contributed by atoms with Crippen LogP contribution in [0.3, 0.4) is 0 Å². The smallest absolute Gasteiger partial charge is 0.285 e. The van der Waals surface area contributed by atoms with Crippen LogP contribution in [0.2, 0.25) is 0 Å². The first-order chi connectivity index (χ1) is 7.00. The van der Waals surface area contributed by atoms with Gasteiger partial charge in [-0.25, -0.2) is 4.98 Å². The number of nitrogens with zero attached hydrogens (tertiary/aromatic N) is 1. The van der Waals surface area contributed by atoms with Crippen molar-refractivity contribution in [3.63, 3.8) is 0 Å². The molecule has 0 amide bonds. The highest BCUT2D eigenvalue weighted by atomic mass is 32.3. The van der Waals surface area contributed by atoms with Crippen molar-refractivity contribution in [3.05, 3.63) is 23.8 Å². The summed E-state index contributed by atoms with van der Waals surface area (Å²) in [6, 6.07) is 4.44. The van der Waals surface area contributed by atoms with Gasteiger partial charge in [0.05, 0.1) is 10.2 Å². The van der Waals surface area contributed by atoms with Gasteiger partial charge in [-0.15, -0.1) is 11.3 Å². The van der Waals surface area contributed by atoms with E-state index < -0.39 is 10.1 Å². The summed E-state index contributed by atoms with van der Waals surface area (Å²) in [6.45, 7) is 0. The topological polar surface area (TPSA) is 84.3 Å². The van der Waals surface area contributed by atoms with Crippen molar-refractivity contribution in [3.8, 4) is 0 Å². The largest absolute Gasteiger partial charge is 0.322 e. The van der Waals surface area contributed by atoms with Crippen LogP contribution in [-0.4, -0.2) is 24.2 Å². The number of fused-ring (bicyclic) bond motifs is 1. The third-order valence-corrected chi connectivity index (χ3v) is 3.93. The van der Waals surface area contributed by atoms with Crippen LogP contribution >= 0.6 is 11.3 Å². The second-order valence-electron chi connectivity index (χ2n) is 2.74. The van der Waals surface area contributed by atoms with Gasteiger partial charge in [0, 0.05) is 5.56 Å². The van der Waals surface area contributed by atoms with Gasteiger partial charge in [-0.2, -0.15) is 8.42 Å². The molecule has 1 heterocycles. The number of rotatable bonds is 2. The fourth-order valence-corrected chi connectivity index (χ4v) is 2.72. The Bertz CT molecular complexity index is 629. The first-order valence-corrected chi connectivity index (χ1v) is 6.02.